The second-order valence-electron chi connectivity index (χ2n) is 3.56. The summed E-state index contributed by atoms with van der Waals surface area (Å²) in [5.74, 6) is -0.264. The van der Waals surface area contributed by atoms with Crippen molar-refractivity contribution in [3.8, 4) is 22.6 Å². The van der Waals surface area contributed by atoms with Crippen LogP contribution in [0.4, 0.5) is 0 Å². The van der Waals surface area contributed by atoms with Crippen molar-refractivity contribution in [3.63, 3.8) is 0 Å². The van der Waals surface area contributed by atoms with Crippen LogP contribution in [0.2, 0.25) is 0 Å². The molecule has 0 atom stereocenters. The second-order valence-corrected chi connectivity index (χ2v) is 3.56. The summed E-state index contributed by atoms with van der Waals surface area (Å²) < 4.78 is 0. The van der Waals surface area contributed by atoms with Gasteiger partial charge in [-0.25, -0.2) is 0 Å². The molecule has 2 aromatic carbocycles. The number of rotatable bonds is 2. The van der Waals surface area contributed by atoms with E-state index in [1.807, 2.05) is 24.3 Å². The minimum Gasteiger partial charge on any atom is -0.504 e. The third kappa shape index (κ3) is 1.99. The maximum Gasteiger partial charge on any atom is 0.158 e. The summed E-state index contributed by atoms with van der Waals surface area (Å²) in [6.45, 7) is 0.0150. The molecule has 82 valence electrons. The van der Waals surface area contributed by atoms with E-state index in [4.69, 9.17) is 5.11 Å². The predicted molar refractivity (Wildman–Crippen MR) is 61.1 cm³/mol. The van der Waals surface area contributed by atoms with Gasteiger partial charge in [-0.3, -0.25) is 0 Å². The first-order chi connectivity index (χ1) is 7.70. The molecule has 0 spiro atoms. The number of aliphatic hydroxyl groups excluding tert-OH is 1. The Balaban J connectivity index is 2.38. The molecule has 0 saturated heterocycles. The Morgan fingerprint density at radius 3 is 1.94 bits per heavy atom. The number of phenols is 2. The van der Waals surface area contributed by atoms with Gasteiger partial charge in [0.05, 0.1) is 6.61 Å². The van der Waals surface area contributed by atoms with E-state index in [-0.39, 0.29) is 18.1 Å². The molecular formula is C13H12O3. The van der Waals surface area contributed by atoms with Gasteiger partial charge in [0.2, 0.25) is 0 Å². The number of hydrogen-bond donors (Lipinski definition) is 3. The van der Waals surface area contributed by atoms with Crippen LogP contribution in [0.25, 0.3) is 11.1 Å². The quantitative estimate of drug-likeness (QED) is 0.675. The molecule has 0 heterocycles. The van der Waals surface area contributed by atoms with Gasteiger partial charge in [-0.1, -0.05) is 30.3 Å². The van der Waals surface area contributed by atoms with Crippen molar-refractivity contribution in [3.05, 3.63) is 48.0 Å². The Bertz CT molecular complexity index is 489. The van der Waals surface area contributed by atoms with Crippen molar-refractivity contribution in [2.75, 3.05) is 0 Å². The number of benzene rings is 2. The van der Waals surface area contributed by atoms with Crippen LogP contribution in [-0.2, 0) is 6.61 Å². The Morgan fingerprint density at radius 1 is 0.750 bits per heavy atom. The maximum atomic E-state index is 9.37. The fourth-order valence-corrected chi connectivity index (χ4v) is 1.51. The van der Waals surface area contributed by atoms with Gasteiger partial charge in [-0.05, 0) is 28.8 Å². The van der Waals surface area contributed by atoms with Gasteiger partial charge in [0.15, 0.2) is 11.5 Å². The van der Waals surface area contributed by atoms with E-state index < -0.39 is 0 Å². The van der Waals surface area contributed by atoms with Gasteiger partial charge in [-0.2, -0.15) is 0 Å². The number of aromatic hydroxyl groups is 2. The first-order valence-electron chi connectivity index (χ1n) is 4.93. The molecule has 0 aliphatic rings. The van der Waals surface area contributed by atoms with Gasteiger partial charge in [0.25, 0.3) is 0 Å². The smallest absolute Gasteiger partial charge is 0.158 e. The average Bonchev–Trinajstić information content (AvgIpc) is 2.33. The lowest BCUT2D eigenvalue weighted by molar-refractivity contribution is 0.282. The van der Waals surface area contributed by atoms with Crippen LogP contribution in [0.5, 0.6) is 11.5 Å². The van der Waals surface area contributed by atoms with Crippen LogP contribution in [0.15, 0.2) is 42.5 Å². The Hall–Kier alpha value is -2.00. The van der Waals surface area contributed by atoms with Crippen molar-refractivity contribution in [2.45, 2.75) is 6.61 Å². The third-order valence-electron chi connectivity index (χ3n) is 2.45. The highest BCUT2D eigenvalue weighted by Crippen LogP contribution is 2.30. The van der Waals surface area contributed by atoms with E-state index in [2.05, 4.69) is 0 Å². The zero-order chi connectivity index (χ0) is 11.5. The molecule has 0 aliphatic carbocycles. The van der Waals surface area contributed by atoms with E-state index in [9.17, 15) is 10.2 Å². The molecule has 0 amide bonds. The summed E-state index contributed by atoms with van der Waals surface area (Å²) in [7, 11) is 0. The summed E-state index contributed by atoms with van der Waals surface area (Å²) in [6.07, 6.45) is 0. The normalized spacial score (nSPS) is 10.3. The van der Waals surface area contributed by atoms with Crippen LogP contribution in [0, 0.1) is 0 Å². The van der Waals surface area contributed by atoms with Crippen molar-refractivity contribution in [2.24, 2.45) is 0 Å². The molecule has 3 heteroatoms. The zero-order valence-corrected chi connectivity index (χ0v) is 8.59. The molecule has 0 unspecified atom stereocenters. The van der Waals surface area contributed by atoms with Crippen LogP contribution >= 0.6 is 0 Å². The molecule has 0 fully saturated rings. The van der Waals surface area contributed by atoms with Gasteiger partial charge in [0.1, 0.15) is 0 Å². The second kappa shape index (κ2) is 4.24. The van der Waals surface area contributed by atoms with Gasteiger partial charge in [-0.15, -0.1) is 0 Å². The van der Waals surface area contributed by atoms with E-state index in [0.717, 1.165) is 16.7 Å². The Kier molecular flexibility index (Phi) is 2.79. The molecule has 16 heavy (non-hydrogen) atoms. The monoisotopic (exact) mass is 216 g/mol. The van der Waals surface area contributed by atoms with Crippen molar-refractivity contribution in [1.82, 2.24) is 0 Å². The van der Waals surface area contributed by atoms with E-state index in [0.29, 0.717) is 0 Å². The van der Waals surface area contributed by atoms with Crippen molar-refractivity contribution in [1.29, 1.82) is 0 Å². The fourth-order valence-electron chi connectivity index (χ4n) is 1.51. The summed E-state index contributed by atoms with van der Waals surface area (Å²) in [4.78, 5) is 0. The zero-order valence-electron chi connectivity index (χ0n) is 8.59. The molecule has 0 aliphatic heterocycles. The fraction of sp³-hybridized carbons (Fsp3) is 0.0769. The molecule has 0 bridgehead atoms. The topological polar surface area (TPSA) is 60.7 Å². The van der Waals surface area contributed by atoms with E-state index in [1.165, 1.54) is 12.1 Å². The number of hydrogen-bond acceptors (Lipinski definition) is 3. The number of phenolic OH excluding ortho intramolecular Hbond substituents is 2. The van der Waals surface area contributed by atoms with Gasteiger partial charge >= 0.3 is 0 Å². The largest absolute Gasteiger partial charge is 0.504 e. The molecule has 2 aromatic rings. The van der Waals surface area contributed by atoms with Crippen LogP contribution < -0.4 is 0 Å². The van der Waals surface area contributed by atoms with Crippen molar-refractivity contribution < 1.29 is 15.3 Å². The average molecular weight is 216 g/mol. The highest BCUT2D eigenvalue weighted by Gasteiger charge is 2.02. The predicted octanol–water partition coefficient (Wildman–Crippen LogP) is 2.26. The number of aliphatic hydroxyl groups is 1. The molecule has 2 rings (SSSR count). The van der Waals surface area contributed by atoms with Gasteiger partial charge < -0.3 is 15.3 Å². The summed E-state index contributed by atoms with van der Waals surface area (Å²) >= 11 is 0. The highest BCUT2D eigenvalue weighted by atomic mass is 16.3. The van der Waals surface area contributed by atoms with E-state index in [1.54, 1.807) is 6.07 Å². The molecule has 0 aromatic heterocycles. The molecule has 0 saturated carbocycles. The van der Waals surface area contributed by atoms with Crippen LogP contribution in [-0.4, -0.2) is 15.3 Å². The summed E-state index contributed by atoms with van der Waals surface area (Å²) in [5, 5.41) is 27.5. The molecule has 3 N–H and O–H groups in total. The van der Waals surface area contributed by atoms with Crippen LogP contribution in [0.3, 0.4) is 0 Å². The Labute approximate surface area is 93.2 Å². The maximum absolute atomic E-state index is 9.37. The summed E-state index contributed by atoms with van der Waals surface area (Å²) in [6, 6.07) is 12.0. The molecular weight excluding hydrogens is 204 g/mol. The highest BCUT2D eigenvalue weighted by molar-refractivity contribution is 5.67. The molecule has 3 nitrogen and oxygen atoms in total. The third-order valence-corrected chi connectivity index (χ3v) is 2.45. The lowest BCUT2D eigenvalue weighted by atomic mass is 10.0. The molecule has 0 radical (unpaired) electrons. The van der Waals surface area contributed by atoms with Gasteiger partial charge in [0, 0.05) is 0 Å². The standard InChI is InChI=1S/C13H12O3/c14-8-9-1-3-10(4-2-9)11-5-6-12(15)13(16)7-11/h1-7,14-16H,8H2. The lowest BCUT2D eigenvalue weighted by Crippen LogP contribution is -1.83. The summed E-state index contributed by atoms with van der Waals surface area (Å²) in [5.41, 5.74) is 2.58. The lowest BCUT2D eigenvalue weighted by Gasteiger charge is -2.04. The minimum atomic E-state index is -0.135. The van der Waals surface area contributed by atoms with Crippen molar-refractivity contribution >= 4 is 0 Å². The SMILES string of the molecule is OCc1ccc(-c2ccc(O)c(O)c2)cc1. The first kappa shape index (κ1) is 10.5. The Morgan fingerprint density at radius 2 is 1.38 bits per heavy atom. The van der Waals surface area contributed by atoms with Crippen LogP contribution in [0.1, 0.15) is 5.56 Å². The first-order valence-corrected chi connectivity index (χ1v) is 4.93. The van der Waals surface area contributed by atoms with E-state index >= 15 is 0 Å². The minimum absolute atomic E-state index is 0.0150.